The molecule has 0 aromatic carbocycles. The molecule has 12 atom stereocenters. The maximum atomic E-state index is 12.2. The summed E-state index contributed by atoms with van der Waals surface area (Å²) in [5.74, 6) is -11.6. The van der Waals surface area contributed by atoms with Crippen LogP contribution in [0.1, 0.15) is 0 Å². The van der Waals surface area contributed by atoms with Gasteiger partial charge in [0.05, 0.1) is 0 Å². The molecule has 0 aromatic heterocycles. The summed E-state index contributed by atoms with van der Waals surface area (Å²) in [7, 11) is 0. The predicted octanol–water partition coefficient (Wildman–Crippen LogP) is -11.4. The minimum Gasteiger partial charge on any atom is -0.549 e. The van der Waals surface area contributed by atoms with Crippen LogP contribution in [0.3, 0.4) is 0 Å². The van der Waals surface area contributed by atoms with Crippen LogP contribution in [-0.2, 0) is 51.5 Å². The van der Waals surface area contributed by atoms with Crippen molar-refractivity contribution in [3.05, 3.63) is 0 Å². The minimum atomic E-state index is -4.54. The second-order valence-electron chi connectivity index (χ2n) is 8.81. The van der Waals surface area contributed by atoms with E-state index in [4.69, 9.17) is 0 Å². The Morgan fingerprint density at radius 1 is 0.500 bits per heavy atom. The summed E-state index contributed by atoms with van der Waals surface area (Å²) in [5, 5.41) is 117. The first kappa shape index (κ1) is 37.6. The van der Waals surface area contributed by atoms with Gasteiger partial charge in [0.1, 0.15) is 36.6 Å². The lowest BCUT2D eigenvalue weighted by molar-refractivity contribution is -0.176. The van der Waals surface area contributed by atoms with Gasteiger partial charge in [-0.2, -0.15) is 0 Å². The molecule has 0 radical (unpaired) electrons. The summed E-state index contributed by atoms with van der Waals surface area (Å²) in [6, 6.07) is 0. The van der Waals surface area contributed by atoms with Gasteiger partial charge in [-0.15, -0.1) is 0 Å². The van der Waals surface area contributed by atoms with Crippen LogP contribution >= 0.6 is 0 Å². The highest BCUT2D eigenvalue weighted by Crippen LogP contribution is 2.16. The van der Waals surface area contributed by atoms with Gasteiger partial charge in [0.25, 0.3) is 0 Å². The highest BCUT2D eigenvalue weighted by Gasteiger charge is 2.57. The summed E-state index contributed by atoms with van der Waals surface area (Å²) in [5.41, 5.74) is 0. The molecule has 2 fully saturated rings. The van der Waals surface area contributed by atoms with Crippen molar-refractivity contribution in [3.63, 3.8) is 0 Å². The van der Waals surface area contributed by atoms with Gasteiger partial charge in [0, 0.05) is 0 Å². The lowest BCUT2D eigenvalue weighted by Gasteiger charge is -2.26. The maximum absolute atomic E-state index is 12.2. The molecule has 0 bridgehead atoms. The molecule has 2 rings (SSSR count). The molecule has 0 aliphatic carbocycles. The SMILES string of the molecule is O=C1[O][Al]([O]C(=O)[C@@H](O)[C@@H](O)[C@H](O)[C@@H](O)C(=O)[O][Al]2[O]C(=O)[C@H](O)[C@H](O)[C@H](O)[C@@H](O)C(=O)[O]2)[O]C(=O)[C@H](O)[C@H](O)[C@@H](O)[C@@H]1O. The van der Waals surface area contributed by atoms with E-state index in [-0.39, 0.29) is 0 Å². The van der Waals surface area contributed by atoms with Crippen LogP contribution in [0.4, 0.5) is 0 Å². The Morgan fingerprint density at radius 3 is 0.909 bits per heavy atom. The Balaban J connectivity index is 2.09. The lowest BCUT2D eigenvalue weighted by atomic mass is 10.0. The van der Waals surface area contributed by atoms with E-state index >= 15 is 0 Å². The number of hydrogen-bond donors (Lipinski definition) is 12. The number of carbonyl (C=O) groups is 6. The average Bonchev–Trinajstić information content (AvgIpc) is 3.02. The Hall–Kier alpha value is -2.60. The van der Waals surface area contributed by atoms with E-state index in [1.807, 2.05) is 0 Å². The second-order valence-corrected chi connectivity index (χ2v) is 11.4. The van der Waals surface area contributed by atoms with Gasteiger partial charge < -0.3 is 84.0 Å². The first-order chi connectivity index (χ1) is 20.3. The van der Waals surface area contributed by atoms with E-state index in [1.165, 1.54) is 0 Å². The smallest absolute Gasteiger partial charge is 0.549 e. The zero-order chi connectivity index (χ0) is 33.8. The summed E-state index contributed by atoms with van der Waals surface area (Å²) in [4.78, 5) is 71.9. The Kier molecular flexibility index (Phi) is 13.3. The van der Waals surface area contributed by atoms with E-state index in [0.29, 0.717) is 0 Å². The van der Waals surface area contributed by atoms with Crippen molar-refractivity contribution in [1.82, 2.24) is 0 Å². The summed E-state index contributed by atoms with van der Waals surface area (Å²) >= 11 is -9.08. The van der Waals surface area contributed by atoms with Crippen LogP contribution in [0.2, 0.25) is 0 Å². The van der Waals surface area contributed by atoms with E-state index in [0.717, 1.165) is 0 Å². The largest absolute Gasteiger partial charge is 1.20 e. The van der Waals surface area contributed by atoms with Crippen molar-refractivity contribution < 1.29 is 113 Å². The Labute approximate surface area is 252 Å². The molecule has 2 aliphatic heterocycles. The van der Waals surface area contributed by atoms with Crippen LogP contribution in [0.15, 0.2) is 0 Å². The highest BCUT2D eigenvalue weighted by atomic mass is 27.3. The molecule has 44 heavy (non-hydrogen) atoms. The normalized spacial score (nSPS) is 33.2. The third kappa shape index (κ3) is 8.77. The van der Waals surface area contributed by atoms with Gasteiger partial charge in [-0.05, 0) is 0 Å². The molecule has 0 spiro atoms. The topological polar surface area (TPSA) is 401 Å². The fraction of sp³-hybridized carbons (Fsp3) is 0.667. The molecular weight excluding hydrogens is 654 g/mol. The van der Waals surface area contributed by atoms with E-state index in [9.17, 15) is 90.0 Å². The Bertz CT molecular complexity index is 963. The fourth-order valence-corrected chi connectivity index (χ4v) is 5.35. The molecule has 12 N–H and O–H groups in total. The first-order valence-electron chi connectivity index (χ1n) is 11.7. The molecule has 2 aliphatic rings. The second kappa shape index (κ2) is 15.6. The zero-order valence-electron chi connectivity index (χ0n) is 21.3. The maximum Gasteiger partial charge on any atom is 1.20 e. The van der Waals surface area contributed by atoms with Crippen molar-refractivity contribution in [2.45, 2.75) is 73.2 Å². The molecule has 2 heterocycles. The molecule has 0 aromatic rings. The van der Waals surface area contributed by atoms with Crippen LogP contribution in [0.25, 0.3) is 0 Å². The van der Waals surface area contributed by atoms with Crippen molar-refractivity contribution in [1.29, 1.82) is 0 Å². The van der Waals surface area contributed by atoms with Gasteiger partial charge >= 0.3 is 66.1 Å². The molecule has 0 saturated carbocycles. The van der Waals surface area contributed by atoms with Crippen LogP contribution in [0.5, 0.6) is 0 Å². The standard InChI is InChI=1S/3C6H10O8.2Al/c3*7-1(3(9)5(11)12)2(8)4(10)6(13)14;;/h3*1-4,7-10H,(H,11,12)(H,13,14);;/q;;;2*+3/p-6/t1-,2+,3-,4-;2*1-,2-,3-,4+;;/m110../s1. The van der Waals surface area contributed by atoms with Gasteiger partial charge in [-0.25, -0.2) is 0 Å². The Morgan fingerprint density at radius 2 is 0.705 bits per heavy atom. The molecular formula is C18H24Al2O24. The number of hydrogen-bond acceptors (Lipinski definition) is 24. The monoisotopic (exact) mass is 678 g/mol. The summed E-state index contributed by atoms with van der Waals surface area (Å²) in [6.07, 6.45) is -32.2. The van der Waals surface area contributed by atoms with Crippen LogP contribution in [-0.4, -0.2) is 201 Å². The van der Waals surface area contributed by atoms with Gasteiger partial charge in [0.15, 0.2) is 36.6 Å². The van der Waals surface area contributed by atoms with Crippen molar-refractivity contribution in [2.75, 3.05) is 0 Å². The fourth-order valence-electron chi connectivity index (χ4n) is 3.09. The predicted molar refractivity (Wildman–Crippen MR) is 120 cm³/mol. The minimum absolute atomic E-state index is 1.85. The number of carbonyl (C=O) groups excluding carboxylic acids is 6. The average molecular weight is 678 g/mol. The molecule has 2 saturated heterocycles. The summed E-state index contributed by atoms with van der Waals surface area (Å²) in [6.45, 7) is 0. The highest BCUT2D eigenvalue weighted by molar-refractivity contribution is 6.45. The van der Waals surface area contributed by atoms with Crippen molar-refractivity contribution in [3.8, 4) is 0 Å². The van der Waals surface area contributed by atoms with Crippen molar-refractivity contribution >= 4 is 66.1 Å². The molecule has 0 unspecified atom stereocenters. The van der Waals surface area contributed by atoms with E-state index < -0.39 is 139 Å². The molecule has 26 heteroatoms. The zero-order valence-corrected chi connectivity index (χ0v) is 23.7. The van der Waals surface area contributed by atoms with E-state index in [1.54, 1.807) is 0 Å². The third-order valence-corrected chi connectivity index (χ3v) is 8.26. The molecule has 24 nitrogen and oxygen atoms in total. The number of aliphatic hydroxyl groups excluding tert-OH is 12. The summed E-state index contributed by atoms with van der Waals surface area (Å²) < 4.78 is 26.3. The first-order valence-corrected chi connectivity index (χ1v) is 14.5. The van der Waals surface area contributed by atoms with Gasteiger partial charge in [-0.3, -0.25) is 28.8 Å². The van der Waals surface area contributed by atoms with Crippen LogP contribution < -0.4 is 0 Å². The van der Waals surface area contributed by atoms with Gasteiger partial charge in [0.2, 0.25) is 0 Å². The van der Waals surface area contributed by atoms with E-state index in [2.05, 4.69) is 22.7 Å². The van der Waals surface area contributed by atoms with Crippen LogP contribution in [0, 0.1) is 0 Å². The molecule has 246 valence electrons. The number of rotatable bonds is 7. The third-order valence-electron chi connectivity index (χ3n) is 5.71. The number of aliphatic hydroxyl groups is 12. The lowest BCUT2D eigenvalue weighted by Crippen LogP contribution is -2.53. The van der Waals surface area contributed by atoms with Crippen molar-refractivity contribution in [2.24, 2.45) is 0 Å². The molecule has 0 amide bonds. The van der Waals surface area contributed by atoms with Gasteiger partial charge in [-0.1, -0.05) is 0 Å². The quantitative estimate of drug-likeness (QED) is 0.111.